The molecule has 0 fully saturated rings. The highest BCUT2D eigenvalue weighted by molar-refractivity contribution is 8.00. The fourth-order valence-corrected chi connectivity index (χ4v) is 2.62. The van der Waals surface area contributed by atoms with Crippen LogP contribution in [0.2, 0.25) is 0 Å². The second kappa shape index (κ2) is 7.15. The molecule has 0 spiro atoms. The normalized spacial score (nSPS) is 10.3. The van der Waals surface area contributed by atoms with E-state index in [0.29, 0.717) is 23.7 Å². The Hall–Kier alpha value is -1.74. The summed E-state index contributed by atoms with van der Waals surface area (Å²) in [6.45, 7) is 4.54. The summed E-state index contributed by atoms with van der Waals surface area (Å²) in [6, 6.07) is 15.6. The Morgan fingerprint density at radius 2 is 1.80 bits per heavy atom. The van der Waals surface area contributed by atoms with Crippen LogP contribution in [0.1, 0.15) is 22.8 Å². The predicted octanol–water partition coefficient (Wildman–Crippen LogP) is 4.37. The van der Waals surface area contributed by atoms with Gasteiger partial charge in [0.25, 0.3) is 0 Å². The summed E-state index contributed by atoms with van der Waals surface area (Å²) in [5.74, 6) is 1.19. The molecule has 0 aromatic heterocycles. The lowest BCUT2D eigenvalue weighted by molar-refractivity contribution is 0.101. The predicted molar refractivity (Wildman–Crippen MR) is 83.8 cm³/mol. The highest BCUT2D eigenvalue weighted by atomic mass is 32.2. The zero-order valence-electron chi connectivity index (χ0n) is 11.8. The molecule has 0 unspecified atom stereocenters. The first kappa shape index (κ1) is 14.7. The lowest BCUT2D eigenvalue weighted by atomic mass is 10.1. The highest BCUT2D eigenvalue weighted by Crippen LogP contribution is 2.23. The fourth-order valence-electron chi connectivity index (χ4n) is 1.84. The SMILES string of the molecule is CCOc1ccccc1C(=O)CSc1ccc(C)cc1. The van der Waals surface area contributed by atoms with Gasteiger partial charge in [0.05, 0.1) is 17.9 Å². The van der Waals surface area contributed by atoms with Gasteiger partial charge in [-0.25, -0.2) is 0 Å². The Labute approximate surface area is 124 Å². The van der Waals surface area contributed by atoms with E-state index in [0.717, 1.165) is 4.90 Å². The number of carbonyl (C=O) groups excluding carboxylic acids is 1. The summed E-state index contributed by atoms with van der Waals surface area (Å²) in [5, 5.41) is 0. The molecule has 2 aromatic carbocycles. The Morgan fingerprint density at radius 1 is 1.10 bits per heavy atom. The molecule has 0 heterocycles. The van der Waals surface area contributed by atoms with Gasteiger partial charge in [-0.1, -0.05) is 29.8 Å². The van der Waals surface area contributed by atoms with Crippen molar-refractivity contribution in [3.8, 4) is 5.75 Å². The first-order valence-corrected chi connectivity index (χ1v) is 7.63. The van der Waals surface area contributed by atoms with E-state index in [2.05, 4.69) is 19.1 Å². The van der Waals surface area contributed by atoms with Crippen molar-refractivity contribution in [2.45, 2.75) is 18.7 Å². The third kappa shape index (κ3) is 3.87. The van der Waals surface area contributed by atoms with Crippen molar-refractivity contribution in [2.75, 3.05) is 12.4 Å². The van der Waals surface area contributed by atoms with Crippen LogP contribution in [0.4, 0.5) is 0 Å². The Balaban J connectivity index is 2.03. The van der Waals surface area contributed by atoms with E-state index in [1.165, 1.54) is 5.56 Å². The zero-order chi connectivity index (χ0) is 14.4. The number of para-hydroxylation sites is 1. The maximum absolute atomic E-state index is 12.3. The van der Waals surface area contributed by atoms with Crippen LogP contribution in [0, 0.1) is 6.92 Å². The third-order valence-corrected chi connectivity index (χ3v) is 3.89. The van der Waals surface area contributed by atoms with E-state index in [1.807, 2.05) is 43.3 Å². The molecular weight excluding hydrogens is 268 g/mol. The highest BCUT2D eigenvalue weighted by Gasteiger charge is 2.12. The van der Waals surface area contributed by atoms with Crippen LogP contribution in [0.5, 0.6) is 5.75 Å². The number of hydrogen-bond donors (Lipinski definition) is 0. The van der Waals surface area contributed by atoms with E-state index in [-0.39, 0.29) is 5.78 Å². The van der Waals surface area contributed by atoms with Crippen LogP contribution in [0.3, 0.4) is 0 Å². The van der Waals surface area contributed by atoms with Gasteiger partial charge < -0.3 is 4.74 Å². The van der Waals surface area contributed by atoms with E-state index in [1.54, 1.807) is 11.8 Å². The average Bonchev–Trinajstić information content (AvgIpc) is 2.47. The number of rotatable bonds is 6. The number of aryl methyl sites for hydroxylation is 1. The van der Waals surface area contributed by atoms with Gasteiger partial charge in [-0.05, 0) is 38.1 Å². The number of Topliss-reactive ketones (excluding diaryl/α,β-unsaturated/α-hetero) is 1. The molecule has 0 aliphatic rings. The molecule has 0 saturated heterocycles. The van der Waals surface area contributed by atoms with Crippen molar-refractivity contribution in [1.29, 1.82) is 0 Å². The van der Waals surface area contributed by atoms with Gasteiger partial charge in [-0.15, -0.1) is 11.8 Å². The van der Waals surface area contributed by atoms with E-state index in [9.17, 15) is 4.79 Å². The molecule has 0 aliphatic heterocycles. The lowest BCUT2D eigenvalue weighted by Gasteiger charge is -2.09. The number of benzene rings is 2. The van der Waals surface area contributed by atoms with Gasteiger partial charge in [0.15, 0.2) is 5.78 Å². The minimum absolute atomic E-state index is 0.0969. The summed E-state index contributed by atoms with van der Waals surface area (Å²) < 4.78 is 5.50. The monoisotopic (exact) mass is 286 g/mol. The molecule has 0 atom stereocenters. The molecule has 20 heavy (non-hydrogen) atoms. The summed E-state index contributed by atoms with van der Waals surface area (Å²) in [5.41, 5.74) is 1.89. The van der Waals surface area contributed by atoms with Gasteiger partial charge in [0.1, 0.15) is 5.75 Å². The van der Waals surface area contributed by atoms with Crippen LogP contribution in [0.15, 0.2) is 53.4 Å². The van der Waals surface area contributed by atoms with Crippen molar-refractivity contribution >= 4 is 17.5 Å². The zero-order valence-corrected chi connectivity index (χ0v) is 12.6. The molecule has 0 N–H and O–H groups in total. The summed E-state index contributed by atoms with van der Waals surface area (Å²) in [4.78, 5) is 13.4. The largest absolute Gasteiger partial charge is 0.493 e. The smallest absolute Gasteiger partial charge is 0.176 e. The maximum Gasteiger partial charge on any atom is 0.176 e. The topological polar surface area (TPSA) is 26.3 Å². The number of hydrogen-bond acceptors (Lipinski definition) is 3. The molecule has 2 rings (SSSR count). The van der Waals surface area contributed by atoms with Crippen LogP contribution in [-0.2, 0) is 0 Å². The molecule has 3 heteroatoms. The summed E-state index contributed by atoms with van der Waals surface area (Å²) >= 11 is 1.55. The second-order valence-electron chi connectivity index (χ2n) is 4.45. The average molecular weight is 286 g/mol. The molecular formula is C17H18O2S. The molecule has 2 nitrogen and oxygen atoms in total. The Kier molecular flexibility index (Phi) is 5.24. The van der Waals surface area contributed by atoms with Crippen molar-refractivity contribution in [3.63, 3.8) is 0 Å². The first-order valence-electron chi connectivity index (χ1n) is 6.65. The summed E-state index contributed by atoms with van der Waals surface area (Å²) in [6.07, 6.45) is 0. The van der Waals surface area contributed by atoms with Crippen LogP contribution in [-0.4, -0.2) is 18.1 Å². The number of carbonyl (C=O) groups is 1. The molecule has 104 valence electrons. The van der Waals surface area contributed by atoms with Gasteiger partial charge >= 0.3 is 0 Å². The van der Waals surface area contributed by atoms with Crippen molar-refractivity contribution in [1.82, 2.24) is 0 Å². The fraction of sp³-hybridized carbons (Fsp3) is 0.235. The van der Waals surface area contributed by atoms with Gasteiger partial charge in [-0.3, -0.25) is 4.79 Å². The van der Waals surface area contributed by atoms with Gasteiger partial charge in [0.2, 0.25) is 0 Å². The minimum atomic E-state index is 0.0969. The number of ketones is 1. The van der Waals surface area contributed by atoms with Crippen LogP contribution < -0.4 is 4.74 Å². The van der Waals surface area contributed by atoms with Crippen molar-refractivity contribution < 1.29 is 9.53 Å². The lowest BCUT2D eigenvalue weighted by Crippen LogP contribution is -2.06. The molecule has 0 aliphatic carbocycles. The van der Waals surface area contributed by atoms with E-state index in [4.69, 9.17) is 4.74 Å². The number of ether oxygens (including phenoxy) is 1. The van der Waals surface area contributed by atoms with E-state index >= 15 is 0 Å². The van der Waals surface area contributed by atoms with Crippen LogP contribution >= 0.6 is 11.8 Å². The van der Waals surface area contributed by atoms with E-state index < -0.39 is 0 Å². The van der Waals surface area contributed by atoms with Crippen molar-refractivity contribution in [2.24, 2.45) is 0 Å². The molecule has 2 aromatic rings. The Bertz CT molecular complexity index is 576. The summed E-state index contributed by atoms with van der Waals surface area (Å²) in [7, 11) is 0. The number of thioether (sulfide) groups is 1. The Morgan fingerprint density at radius 3 is 2.50 bits per heavy atom. The standard InChI is InChI=1S/C17H18O2S/c1-3-19-17-7-5-4-6-15(17)16(18)12-20-14-10-8-13(2)9-11-14/h4-11H,3,12H2,1-2H3. The maximum atomic E-state index is 12.3. The first-order chi connectivity index (χ1) is 9.70. The molecule has 0 amide bonds. The van der Waals surface area contributed by atoms with Crippen LogP contribution in [0.25, 0.3) is 0 Å². The minimum Gasteiger partial charge on any atom is -0.493 e. The van der Waals surface area contributed by atoms with Gasteiger partial charge in [-0.2, -0.15) is 0 Å². The van der Waals surface area contributed by atoms with Gasteiger partial charge in [0, 0.05) is 4.90 Å². The quantitative estimate of drug-likeness (QED) is 0.582. The molecule has 0 radical (unpaired) electrons. The van der Waals surface area contributed by atoms with Crippen molar-refractivity contribution in [3.05, 3.63) is 59.7 Å². The molecule has 0 bridgehead atoms. The second-order valence-corrected chi connectivity index (χ2v) is 5.50. The molecule has 0 saturated carbocycles. The third-order valence-electron chi connectivity index (χ3n) is 2.88.